The zero-order valence-corrected chi connectivity index (χ0v) is 17.4. The molecule has 174 valence electrons. The lowest BCUT2D eigenvalue weighted by Gasteiger charge is -2.10. The minimum atomic E-state index is -4.55. The van der Waals surface area contributed by atoms with E-state index >= 15 is 0 Å². The Kier molecular flexibility index (Phi) is 5.61. The highest BCUT2D eigenvalue weighted by molar-refractivity contribution is 5.92. The highest BCUT2D eigenvalue weighted by atomic mass is 19.4. The predicted octanol–water partition coefficient (Wildman–Crippen LogP) is 3.46. The van der Waals surface area contributed by atoms with Gasteiger partial charge in [-0.2, -0.15) is 18.3 Å². The molecular weight excluding hydrogens is 457 g/mol. The Morgan fingerprint density at radius 2 is 1.97 bits per heavy atom. The van der Waals surface area contributed by atoms with Crippen LogP contribution in [-0.4, -0.2) is 30.2 Å². The van der Waals surface area contributed by atoms with E-state index in [1.165, 1.54) is 30.3 Å². The summed E-state index contributed by atoms with van der Waals surface area (Å²) in [5.41, 5.74) is -0.822. The normalized spacial score (nSPS) is 11.5. The van der Waals surface area contributed by atoms with Gasteiger partial charge in [-0.25, -0.2) is 9.67 Å². The fourth-order valence-corrected chi connectivity index (χ4v) is 3.27. The number of nitro groups is 1. The smallest absolute Gasteiger partial charge is 0.324 e. The highest BCUT2D eigenvalue weighted by Crippen LogP contribution is 2.30. The van der Waals surface area contributed by atoms with Gasteiger partial charge in [0.25, 0.3) is 11.2 Å². The summed E-state index contributed by atoms with van der Waals surface area (Å²) >= 11 is 0. The van der Waals surface area contributed by atoms with Crippen LogP contribution < -0.4 is 10.9 Å². The van der Waals surface area contributed by atoms with Crippen LogP contribution in [0, 0.1) is 17.0 Å². The number of amides is 1. The van der Waals surface area contributed by atoms with E-state index in [-0.39, 0.29) is 28.1 Å². The molecule has 0 unspecified atom stereocenters. The number of carbonyl (C=O) groups is 1. The number of non-ortho nitro benzene ring substituents is 1. The van der Waals surface area contributed by atoms with Crippen molar-refractivity contribution >= 4 is 28.3 Å². The van der Waals surface area contributed by atoms with Gasteiger partial charge in [0.2, 0.25) is 5.91 Å². The second-order valence-electron chi connectivity index (χ2n) is 7.32. The van der Waals surface area contributed by atoms with Crippen LogP contribution in [0.3, 0.4) is 0 Å². The Bertz CT molecular complexity index is 1490. The second-order valence-corrected chi connectivity index (χ2v) is 7.32. The molecule has 0 spiro atoms. The SMILES string of the molecule is Cc1ccc([N+](=O)[O-])cc1NC(=O)Cn1cnc2c(cnn2-c2cccc(C(F)(F)F)c2)c1=O. The first kappa shape index (κ1) is 22.6. The standard InChI is InChI=1S/C21H15F3N6O4/c1-12-5-6-15(30(33)34)8-17(12)27-18(31)10-28-11-25-19-16(20(28)32)9-26-29(19)14-4-2-3-13(7-14)21(22,23)24/h2-9,11H,10H2,1H3,(H,27,31). The van der Waals surface area contributed by atoms with Crippen molar-refractivity contribution in [2.24, 2.45) is 0 Å². The third kappa shape index (κ3) is 4.35. The third-order valence-electron chi connectivity index (χ3n) is 4.99. The number of nitro benzene ring substituents is 1. The zero-order valence-electron chi connectivity index (χ0n) is 17.4. The molecule has 10 nitrogen and oxygen atoms in total. The van der Waals surface area contributed by atoms with E-state index in [1.54, 1.807) is 6.92 Å². The van der Waals surface area contributed by atoms with Gasteiger partial charge in [-0.3, -0.25) is 24.3 Å². The predicted molar refractivity (Wildman–Crippen MR) is 115 cm³/mol. The van der Waals surface area contributed by atoms with E-state index in [0.717, 1.165) is 33.9 Å². The number of anilines is 1. The summed E-state index contributed by atoms with van der Waals surface area (Å²) < 4.78 is 41.2. The van der Waals surface area contributed by atoms with Crippen LogP contribution in [0.2, 0.25) is 0 Å². The van der Waals surface area contributed by atoms with Gasteiger partial charge in [0.15, 0.2) is 5.65 Å². The first-order valence-electron chi connectivity index (χ1n) is 9.70. The number of aryl methyl sites for hydroxylation is 1. The molecule has 4 aromatic rings. The number of benzene rings is 2. The van der Waals surface area contributed by atoms with Crippen molar-refractivity contribution < 1.29 is 22.9 Å². The lowest BCUT2D eigenvalue weighted by Crippen LogP contribution is -2.28. The number of rotatable bonds is 5. The van der Waals surface area contributed by atoms with Gasteiger partial charge >= 0.3 is 6.18 Å². The Morgan fingerprint density at radius 1 is 1.21 bits per heavy atom. The Hall–Kier alpha value is -4.55. The molecular formula is C21H15F3N6O4. The second kappa shape index (κ2) is 8.42. The fraction of sp³-hybridized carbons (Fsp3) is 0.143. The molecule has 0 aliphatic rings. The minimum absolute atomic E-state index is 0.000703. The summed E-state index contributed by atoms with van der Waals surface area (Å²) in [5, 5.41) is 17.5. The fourth-order valence-electron chi connectivity index (χ4n) is 3.27. The summed E-state index contributed by atoms with van der Waals surface area (Å²) in [6.07, 6.45) is -2.32. The molecule has 0 bridgehead atoms. The molecule has 2 aromatic carbocycles. The van der Waals surface area contributed by atoms with Crippen LogP contribution in [-0.2, 0) is 17.5 Å². The molecule has 13 heteroatoms. The number of hydrogen-bond donors (Lipinski definition) is 1. The summed E-state index contributed by atoms with van der Waals surface area (Å²) in [5.74, 6) is -0.628. The maximum atomic E-state index is 13.0. The van der Waals surface area contributed by atoms with Crippen molar-refractivity contribution in [3.05, 3.63) is 86.6 Å². The van der Waals surface area contributed by atoms with Crippen LogP contribution >= 0.6 is 0 Å². The van der Waals surface area contributed by atoms with Gasteiger partial charge in [-0.15, -0.1) is 0 Å². The minimum Gasteiger partial charge on any atom is -0.324 e. The van der Waals surface area contributed by atoms with E-state index in [2.05, 4.69) is 15.4 Å². The average Bonchev–Trinajstić information content (AvgIpc) is 3.21. The van der Waals surface area contributed by atoms with Gasteiger partial charge in [-0.1, -0.05) is 12.1 Å². The van der Waals surface area contributed by atoms with E-state index in [1.807, 2.05) is 0 Å². The first-order valence-corrected chi connectivity index (χ1v) is 9.70. The van der Waals surface area contributed by atoms with Crippen molar-refractivity contribution in [1.82, 2.24) is 19.3 Å². The quantitative estimate of drug-likeness (QED) is 0.350. The van der Waals surface area contributed by atoms with Gasteiger partial charge in [0, 0.05) is 12.1 Å². The van der Waals surface area contributed by atoms with Gasteiger partial charge < -0.3 is 5.32 Å². The molecule has 0 fully saturated rings. The third-order valence-corrected chi connectivity index (χ3v) is 4.99. The first-order chi connectivity index (χ1) is 16.0. The Balaban J connectivity index is 1.61. The molecule has 2 heterocycles. The van der Waals surface area contributed by atoms with Crippen LogP contribution in [0.15, 0.2) is 59.8 Å². The monoisotopic (exact) mass is 472 g/mol. The number of fused-ring (bicyclic) bond motifs is 1. The number of alkyl halides is 3. The van der Waals surface area contributed by atoms with Crippen LogP contribution in [0.4, 0.5) is 24.5 Å². The number of hydrogen-bond acceptors (Lipinski definition) is 6. The van der Waals surface area contributed by atoms with Gasteiger partial charge in [0.05, 0.1) is 28.1 Å². The molecule has 0 radical (unpaired) electrons. The van der Waals surface area contributed by atoms with Crippen LogP contribution in [0.25, 0.3) is 16.7 Å². The van der Waals surface area contributed by atoms with Gasteiger partial charge in [-0.05, 0) is 30.7 Å². The lowest BCUT2D eigenvalue weighted by atomic mass is 10.2. The molecule has 1 amide bonds. The Labute approximate surface area is 188 Å². The van der Waals surface area contributed by atoms with E-state index in [0.29, 0.717) is 5.56 Å². The van der Waals surface area contributed by atoms with Gasteiger partial charge in [0.1, 0.15) is 18.3 Å². The zero-order chi connectivity index (χ0) is 24.6. The molecule has 0 aliphatic carbocycles. The largest absolute Gasteiger partial charge is 0.416 e. The maximum absolute atomic E-state index is 13.0. The molecule has 2 aromatic heterocycles. The summed E-state index contributed by atoms with van der Waals surface area (Å²) in [6.45, 7) is 1.21. The number of nitrogens with zero attached hydrogens (tertiary/aromatic N) is 5. The van der Waals surface area contributed by atoms with E-state index in [4.69, 9.17) is 0 Å². The van der Waals surface area contributed by atoms with Crippen molar-refractivity contribution in [2.45, 2.75) is 19.6 Å². The summed E-state index contributed by atoms with van der Waals surface area (Å²) in [6, 6.07) is 8.39. The maximum Gasteiger partial charge on any atom is 0.416 e. The van der Waals surface area contributed by atoms with E-state index in [9.17, 15) is 32.9 Å². The molecule has 0 aliphatic heterocycles. The number of halogens is 3. The number of nitrogens with one attached hydrogen (secondary N) is 1. The molecule has 0 atom stereocenters. The molecule has 34 heavy (non-hydrogen) atoms. The van der Waals surface area contributed by atoms with Crippen molar-refractivity contribution in [1.29, 1.82) is 0 Å². The highest BCUT2D eigenvalue weighted by Gasteiger charge is 2.30. The number of aromatic nitrogens is 4. The molecule has 4 rings (SSSR count). The Morgan fingerprint density at radius 3 is 2.68 bits per heavy atom. The van der Waals surface area contributed by atoms with Crippen molar-refractivity contribution in [2.75, 3.05) is 5.32 Å². The topological polar surface area (TPSA) is 125 Å². The van der Waals surface area contributed by atoms with Crippen LogP contribution in [0.1, 0.15) is 11.1 Å². The summed E-state index contributed by atoms with van der Waals surface area (Å²) in [4.78, 5) is 39.7. The summed E-state index contributed by atoms with van der Waals surface area (Å²) in [7, 11) is 0. The average molecular weight is 472 g/mol. The van der Waals surface area contributed by atoms with E-state index < -0.39 is 34.7 Å². The number of carbonyl (C=O) groups excluding carboxylic acids is 1. The molecule has 0 saturated carbocycles. The lowest BCUT2D eigenvalue weighted by molar-refractivity contribution is -0.384. The molecule has 1 N–H and O–H groups in total. The molecule has 0 saturated heterocycles. The van der Waals surface area contributed by atoms with Crippen molar-refractivity contribution in [3.63, 3.8) is 0 Å². The van der Waals surface area contributed by atoms with Crippen molar-refractivity contribution in [3.8, 4) is 5.69 Å². The van der Waals surface area contributed by atoms with Crippen LogP contribution in [0.5, 0.6) is 0 Å².